The molecular weight excluding hydrogens is 353 g/mol. The van der Waals surface area contributed by atoms with E-state index in [2.05, 4.69) is 27.6 Å². The minimum atomic E-state index is 0.176. The summed E-state index contributed by atoms with van der Waals surface area (Å²) in [6, 6.07) is 10.8. The first-order valence-corrected chi connectivity index (χ1v) is 7.03. The number of hydrogen-bond donors (Lipinski definition) is 2. The average molecular weight is 367 g/mol. The van der Waals surface area contributed by atoms with Gasteiger partial charge in [-0.1, -0.05) is 19.1 Å². The van der Waals surface area contributed by atoms with E-state index in [9.17, 15) is 10.2 Å². The van der Waals surface area contributed by atoms with Crippen molar-refractivity contribution < 1.29 is 10.2 Å². The molecule has 0 spiro atoms. The van der Waals surface area contributed by atoms with Gasteiger partial charge in [0, 0.05) is 15.3 Å². The Kier molecular flexibility index (Phi) is 4.42. The Hall–Kier alpha value is -1.56. The normalized spacial score (nSPS) is 11.1. The van der Waals surface area contributed by atoms with E-state index in [0.29, 0.717) is 11.3 Å². The SMILES string of the molecule is CCc1cccc(/N=C/c2cc(I)ccc2O)c1O. The van der Waals surface area contributed by atoms with Crippen molar-refractivity contribution in [2.24, 2.45) is 4.99 Å². The predicted molar refractivity (Wildman–Crippen MR) is 85.6 cm³/mol. The summed E-state index contributed by atoms with van der Waals surface area (Å²) in [5.41, 5.74) is 2.01. The smallest absolute Gasteiger partial charge is 0.144 e. The fourth-order valence-electron chi connectivity index (χ4n) is 1.74. The maximum Gasteiger partial charge on any atom is 0.144 e. The first-order chi connectivity index (χ1) is 9.11. The van der Waals surface area contributed by atoms with Crippen LogP contribution in [0.4, 0.5) is 5.69 Å². The van der Waals surface area contributed by atoms with Crippen LogP contribution in [0.25, 0.3) is 0 Å². The lowest BCUT2D eigenvalue weighted by atomic mass is 10.1. The highest BCUT2D eigenvalue weighted by Crippen LogP contribution is 2.30. The number of phenolic OH excluding ortho intramolecular Hbond substituents is 2. The second-order valence-corrected chi connectivity index (χ2v) is 5.35. The molecule has 2 rings (SSSR count). The second-order valence-electron chi connectivity index (χ2n) is 4.10. The minimum absolute atomic E-state index is 0.176. The highest BCUT2D eigenvalue weighted by atomic mass is 127. The van der Waals surface area contributed by atoms with E-state index in [1.807, 2.05) is 31.2 Å². The number of benzene rings is 2. The topological polar surface area (TPSA) is 52.8 Å². The maximum absolute atomic E-state index is 10.0. The lowest BCUT2D eigenvalue weighted by molar-refractivity contribution is 0.470. The molecule has 0 radical (unpaired) electrons. The van der Waals surface area contributed by atoms with Gasteiger partial charge in [-0.2, -0.15) is 0 Å². The number of aliphatic imine (C=N–C) groups is 1. The molecule has 0 fully saturated rings. The predicted octanol–water partition coefficient (Wildman–Crippen LogP) is 4.02. The average Bonchev–Trinajstić information content (AvgIpc) is 2.41. The molecule has 0 saturated heterocycles. The van der Waals surface area contributed by atoms with Crippen molar-refractivity contribution in [3.63, 3.8) is 0 Å². The lowest BCUT2D eigenvalue weighted by Crippen LogP contribution is -1.85. The summed E-state index contributed by atoms with van der Waals surface area (Å²) in [5.74, 6) is 0.377. The van der Waals surface area contributed by atoms with Crippen LogP contribution in [0.5, 0.6) is 11.5 Å². The number of para-hydroxylation sites is 1. The van der Waals surface area contributed by atoms with Crippen LogP contribution in [0.2, 0.25) is 0 Å². The van der Waals surface area contributed by atoms with Crippen molar-refractivity contribution >= 4 is 34.5 Å². The third kappa shape index (κ3) is 3.26. The van der Waals surface area contributed by atoms with E-state index in [-0.39, 0.29) is 11.5 Å². The Labute approximate surface area is 125 Å². The second kappa shape index (κ2) is 6.06. The van der Waals surface area contributed by atoms with E-state index in [1.54, 1.807) is 18.3 Å². The molecule has 2 N–H and O–H groups in total. The summed E-state index contributed by atoms with van der Waals surface area (Å²) >= 11 is 2.17. The van der Waals surface area contributed by atoms with Crippen LogP contribution in [0.3, 0.4) is 0 Å². The summed E-state index contributed by atoms with van der Waals surface area (Å²) in [7, 11) is 0. The Morgan fingerprint density at radius 3 is 2.74 bits per heavy atom. The fraction of sp³-hybridized carbons (Fsp3) is 0.133. The standard InChI is InChI=1S/C15H14INO2/c1-2-10-4-3-5-13(15(10)19)17-9-11-8-12(16)6-7-14(11)18/h3-9,18-19H,2H2,1H3/b17-9+. The summed E-state index contributed by atoms with van der Waals surface area (Å²) in [5, 5.41) is 19.7. The zero-order chi connectivity index (χ0) is 13.8. The molecule has 0 saturated carbocycles. The van der Waals surface area contributed by atoms with Crippen LogP contribution in [0, 0.1) is 3.57 Å². The number of halogens is 1. The first-order valence-electron chi connectivity index (χ1n) is 5.95. The number of rotatable bonds is 3. The molecular formula is C15H14INO2. The van der Waals surface area contributed by atoms with Crippen molar-refractivity contribution in [3.8, 4) is 11.5 Å². The van der Waals surface area contributed by atoms with E-state index >= 15 is 0 Å². The van der Waals surface area contributed by atoms with Crippen LogP contribution in [-0.2, 0) is 6.42 Å². The molecule has 0 amide bonds. The number of aromatic hydroxyl groups is 2. The van der Waals surface area contributed by atoms with Gasteiger partial charge in [-0.25, -0.2) is 0 Å². The summed E-state index contributed by atoms with van der Waals surface area (Å²) in [6.07, 6.45) is 2.32. The Bertz CT molecular complexity index is 624. The molecule has 3 nitrogen and oxygen atoms in total. The van der Waals surface area contributed by atoms with Gasteiger partial charge in [-0.3, -0.25) is 4.99 Å². The van der Waals surface area contributed by atoms with Gasteiger partial charge in [0.1, 0.15) is 17.2 Å². The number of aryl methyl sites for hydroxylation is 1. The van der Waals surface area contributed by atoms with Crippen LogP contribution in [0.15, 0.2) is 41.4 Å². The molecule has 98 valence electrons. The molecule has 0 aliphatic rings. The van der Waals surface area contributed by atoms with E-state index in [1.165, 1.54) is 0 Å². The van der Waals surface area contributed by atoms with Gasteiger partial charge in [0.2, 0.25) is 0 Å². The van der Waals surface area contributed by atoms with Crippen molar-refractivity contribution in [3.05, 3.63) is 51.1 Å². The van der Waals surface area contributed by atoms with Crippen LogP contribution in [-0.4, -0.2) is 16.4 Å². The van der Waals surface area contributed by atoms with Crippen molar-refractivity contribution in [1.29, 1.82) is 0 Å². The van der Waals surface area contributed by atoms with Gasteiger partial charge in [-0.15, -0.1) is 0 Å². The zero-order valence-electron chi connectivity index (χ0n) is 10.5. The van der Waals surface area contributed by atoms with Crippen molar-refractivity contribution in [2.75, 3.05) is 0 Å². The van der Waals surface area contributed by atoms with Crippen LogP contribution >= 0.6 is 22.6 Å². The molecule has 0 aromatic heterocycles. The van der Waals surface area contributed by atoms with Gasteiger partial charge in [0.25, 0.3) is 0 Å². The largest absolute Gasteiger partial charge is 0.507 e. The molecule has 4 heteroatoms. The molecule has 2 aromatic rings. The minimum Gasteiger partial charge on any atom is -0.507 e. The third-order valence-corrected chi connectivity index (χ3v) is 3.48. The third-order valence-electron chi connectivity index (χ3n) is 2.81. The molecule has 0 aliphatic heterocycles. The summed E-state index contributed by atoms with van der Waals surface area (Å²) in [6.45, 7) is 1.98. The molecule has 2 aromatic carbocycles. The highest BCUT2D eigenvalue weighted by molar-refractivity contribution is 14.1. The fourth-order valence-corrected chi connectivity index (χ4v) is 2.25. The van der Waals surface area contributed by atoms with E-state index in [4.69, 9.17) is 0 Å². The van der Waals surface area contributed by atoms with Gasteiger partial charge < -0.3 is 10.2 Å². The van der Waals surface area contributed by atoms with Crippen LogP contribution in [0.1, 0.15) is 18.1 Å². The Morgan fingerprint density at radius 1 is 1.21 bits per heavy atom. The number of hydrogen-bond acceptors (Lipinski definition) is 3. The Balaban J connectivity index is 2.35. The molecule has 0 unspecified atom stereocenters. The van der Waals surface area contributed by atoms with E-state index in [0.717, 1.165) is 15.6 Å². The summed E-state index contributed by atoms with van der Waals surface area (Å²) in [4.78, 5) is 4.25. The Morgan fingerprint density at radius 2 is 2.00 bits per heavy atom. The first kappa shape index (κ1) is 13.9. The van der Waals surface area contributed by atoms with Crippen molar-refractivity contribution in [1.82, 2.24) is 0 Å². The monoisotopic (exact) mass is 367 g/mol. The summed E-state index contributed by atoms with van der Waals surface area (Å²) < 4.78 is 1.02. The van der Waals surface area contributed by atoms with Gasteiger partial charge in [0.15, 0.2) is 0 Å². The van der Waals surface area contributed by atoms with Gasteiger partial charge in [0.05, 0.1) is 0 Å². The highest BCUT2D eigenvalue weighted by Gasteiger charge is 2.04. The maximum atomic E-state index is 10.0. The number of phenols is 2. The molecule has 0 aliphatic carbocycles. The van der Waals surface area contributed by atoms with Crippen molar-refractivity contribution in [2.45, 2.75) is 13.3 Å². The number of nitrogens with zero attached hydrogens (tertiary/aromatic N) is 1. The molecule has 0 heterocycles. The molecule has 0 atom stereocenters. The molecule has 19 heavy (non-hydrogen) atoms. The van der Waals surface area contributed by atoms with Gasteiger partial charge >= 0.3 is 0 Å². The lowest BCUT2D eigenvalue weighted by Gasteiger charge is -2.04. The quantitative estimate of drug-likeness (QED) is 0.636. The van der Waals surface area contributed by atoms with Crippen LogP contribution < -0.4 is 0 Å². The molecule has 0 bridgehead atoms. The van der Waals surface area contributed by atoms with Gasteiger partial charge in [-0.05, 0) is 58.8 Å². The van der Waals surface area contributed by atoms with E-state index < -0.39 is 0 Å². The zero-order valence-corrected chi connectivity index (χ0v) is 12.6.